The average Bonchev–Trinajstić information content (AvgIpc) is 2.87. The average molecular weight is 559 g/mol. The topological polar surface area (TPSA) is 82.7 Å². The van der Waals surface area contributed by atoms with Crippen molar-refractivity contribution in [1.29, 1.82) is 0 Å². The van der Waals surface area contributed by atoms with Crippen LogP contribution in [0, 0.1) is 5.92 Å². The Morgan fingerprint density at radius 3 is 2.42 bits per heavy atom. The predicted octanol–water partition coefficient (Wildman–Crippen LogP) is 6.42. The van der Waals surface area contributed by atoms with Gasteiger partial charge in [0, 0.05) is 53.2 Å². The van der Waals surface area contributed by atoms with Crippen LogP contribution in [0.5, 0.6) is 0 Å². The van der Waals surface area contributed by atoms with Crippen molar-refractivity contribution in [2.75, 3.05) is 18.4 Å². The van der Waals surface area contributed by atoms with Gasteiger partial charge in [-0.2, -0.15) is 0 Å². The summed E-state index contributed by atoms with van der Waals surface area (Å²) >= 11 is 12.6. The first kappa shape index (κ1) is 28.7. The molecule has 0 spiro atoms. The van der Waals surface area contributed by atoms with Gasteiger partial charge in [-0.05, 0) is 68.0 Å². The number of hydrogen-bond acceptors (Lipinski definition) is 3. The number of rotatable bonds is 7. The van der Waals surface area contributed by atoms with Gasteiger partial charge in [-0.1, -0.05) is 67.6 Å². The van der Waals surface area contributed by atoms with Gasteiger partial charge >= 0.3 is 0 Å². The number of anilines is 1. The number of nitrogens with two attached hydrogens (primary N) is 1. The normalized spacial score (nSPS) is 25.2. The van der Waals surface area contributed by atoms with Crippen LogP contribution in [0.4, 0.5) is 5.69 Å². The lowest BCUT2D eigenvalue weighted by Gasteiger charge is -2.39. The van der Waals surface area contributed by atoms with Crippen molar-refractivity contribution in [3.8, 4) is 0 Å². The van der Waals surface area contributed by atoms with E-state index in [9.17, 15) is 4.79 Å². The standard InChI is InChI=1S/C30H41Cl2N5O/c1-4-21-7-5-6-8-28(21)36-30(37-17-19(2)34-20(3)18-37)35-24-12-9-22(10-13-24)26(16-29(33)38)25-14-11-23(31)15-27(25)32/h9-15,19-21,26,28,34H,4-8,16-18H2,1-3H3,(H2,33,38)(H,35,36). The smallest absolute Gasteiger partial charge is 0.218 e. The summed E-state index contributed by atoms with van der Waals surface area (Å²) in [6, 6.07) is 14.7. The fourth-order valence-electron chi connectivity index (χ4n) is 6.00. The van der Waals surface area contributed by atoms with Gasteiger partial charge in [0.25, 0.3) is 0 Å². The summed E-state index contributed by atoms with van der Waals surface area (Å²) in [4.78, 5) is 19.7. The maximum atomic E-state index is 11.9. The molecule has 206 valence electrons. The van der Waals surface area contributed by atoms with Crippen LogP contribution >= 0.6 is 23.2 Å². The molecule has 1 amide bonds. The molecule has 1 saturated heterocycles. The van der Waals surface area contributed by atoms with Crippen molar-refractivity contribution in [3.63, 3.8) is 0 Å². The first-order chi connectivity index (χ1) is 18.2. The SMILES string of the molecule is CCC1CCCCC1N=C(Nc1ccc(C(CC(N)=O)c2ccc(Cl)cc2Cl)cc1)N1CC(C)NC(C)C1. The molecule has 1 aliphatic carbocycles. The van der Waals surface area contributed by atoms with Crippen LogP contribution in [-0.2, 0) is 4.79 Å². The second-order valence-electron chi connectivity index (χ2n) is 11.0. The van der Waals surface area contributed by atoms with Crippen LogP contribution in [0.3, 0.4) is 0 Å². The molecule has 4 N–H and O–H groups in total. The molecule has 2 fully saturated rings. The highest BCUT2D eigenvalue weighted by atomic mass is 35.5. The third-order valence-corrected chi connectivity index (χ3v) is 8.41. The molecule has 5 atom stereocenters. The number of carbonyl (C=O) groups is 1. The number of aliphatic imine (C=N–C) groups is 1. The monoisotopic (exact) mass is 557 g/mol. The van der Waals surface area contributed by atoms with Gasteiger partial charge in [-0.25, -0.2) is 4.99 Å². The highest BCUT2D eigenvalue weighted by Gasteiger charge is 2.28. The van der Waals surface area contributed by atoms with E-state index in [0.29, 0.717) is 34.1 Å². The number of hydrogen-bond donors (Lipinski definition) is 3. The summed E-state index contributed by atoms with van der Waals surface area (Å²) in [6.07, 6.45) is 6.29. The number of halogens is 2. The third kappa shape index (κ3) is 7.43. The fraction of sp³-hybridized carbons (Fsp3) is 0.533. The molecule has 8 heteroatoms. The minimum absolute atomic E-state index is 0.164. The number of nitrogens with zero attached hydrogens (tertiary/aromatic N) is 2. The Morgan fingerprint density at radius 2 is 1.79 bits per heavy atom. The van der Waals surface area contributed by atoms with Gasteiger partial charge in [-0.3, -0.25) is 4.79 Å². The van der Waals surface area contributed by atoms with E-state index < -0.39 is 0 Å². The molecule has 5 unspecified atom stereocenters. The number of nitrogens with one attached hydrogen (secondary N) is 2. The van der Waals surface area contributed by atoms with Gasteiger partial charge < -0.3 is 21.3 Å². The number of carbonyl (C=O) groups excluding carboxylic acids is 1. The lowest BCUT2D eigenvalue weighted by molar-refractivity contribution is -0.118. The Bertz CT molecular complexity index is 1110. The van der Waals surface area contributed by atoms with Gasteiger partial charge in [0.15, 0.2) is 5.96 Å². The molecular formula is C30H41Cl2N5O. The molecule has 0 radical (unpaired) electrons. The van der Waals surface area contributed by atoms with E-state index in [-0.39, 0.29) is 18.2 Å². The highest BCUT2D eigenvalue weighted by molar-refractivity contribution is 6.35. The molecule has 6 nitrogen and oxygen atoms in total. The zero-order valence-electron chi connectivity index (χ0n) is 22.7. The number of benzene rings is 2. The molecule has 1 aliphatic heterocycles. The Kier molecular flexibility index (Phi) is 9.97. The Hall–Kier alpha value is -2.28. The summed E-state index contributed by atoms with van der Waals surface area (Å²) in [7, 11) is 0. The molecule has 38 heavy (non-hydrogen) atoms. The minimum Gasteiger partial charge on any atom is -0.370 e. The third-order valence-electron chi connectivity index (χ3n) is 7.85. The lowest BCUT2D eigenvalue weighted by Crippen LogP contribution is -2.57. The molecule has 4 rings (SSSR count). The van der Waals surface area contributed by atoms with E-state index in [1.54, 1.807) is 12.1 Å². The largest absolute Gasteiger partial charge is 0.370 e. The van der Waals surface area contributed by atoms with Crippen LogP contribution in [0.1, 0.15) is 76.3 Å². The summed E-state index contributed by atoms with van der Waals surface area (Å²) in [6.45, 7) is 8.56. The lowest BCUT2D eigenvalue weighted by atomic mass is 9.83. The quantitative estimate of drug-likeness (QED) is 0.271. The Labute approximate surface area is 237 Å². The summed E-state index contributed by atoms with van der Waals surface area (Å²) in [5, 5.41) is 8.38. The van der Waals surface area contributed by atoms with Gasteiger partial charge in [0.05, 0.1) is 6.04 Å². The predicted molar refractivity (Wildman–Crippen MR) is 159 cm³/mol. The zero-order chi connectivity index (χ0) is 27.2. The van der Waals surface area contributed by atoms with Crippen molar-refractivity contribution in [1.82, 2.24) is 10.2 Å². The second-order valence-corrected chi connectivity index (χ2v) is 11.8. The first-order valence-corrected chi connectivity index (χ1v) is 14.7. The molecule has 2 aromatic carbocycles. The minimum atomic E-state index is -0.377. The van der Waals surface area contributed by atoms with Gasteiger partial charge in [0.1, 0.15) is 0 Å². The van der Waals surface area contributed by atoms with Crippen molar-refractivity contribution in [2.24, 2.45) is 16.6 Å². The summed E-state index contributed by atoms with van der Waals surface area (Å²) < 4.78 is 0. The van der Waals surface area contributed by atoms with Crippen molar-refractivity contribution in [3.05, 3.63) is 63.6 Å². The number of primary amides is 1. The molecule has 0 aromatic heterocycles. The summed E-state index contributed by atoms with van der Waals surface area (Å²) in [5.74, 6) is 0.969. The molecular weight excluding hydrogens is 517 g/mol. The van der Waals surface area contributed by atoms with E-state index in [0.717, 1.165) is 42.3 Å². The van der Waals surface area contributed by atoms with Crippen molar-refractivity contribution < 1.29 is 4.79 Å². The molecule has 1 saturated carbocycles. The van der Waals surface area contributed by atoms with Crippen LogP contribution in [0.2, 0.25) is 10.0 Å². The summed E-state index contributed by atoms with van der Waals surface area (Å²) in [5.41, 5.74) is 8.39. The fourth-order valence-corrected chi connectivity index (χ4v) is 6.54. The number of guanidine groups is 1. The Balaban J connectivity index is 1.61. The number of piperazine rings is 1. The Morgan fingerprint density at radius 1 is 1.11 bits per heavy atom. The van der Waals surface area contributed by atoms with E-state index in [2.05, 4.69) is 48.4 Å². The molecule has 2 aromatic rings. The van der Waals surface area contributed by atoms with Crippen LogP contribution in [-0.4, -0.2) is 48.0 Å². The van der Waals surface area contributed by atoms with Crippen LogP contribution < -0.4 is 16.4 Å². The van der Waals surface area contributed by atoms with E-state index in [1.807, 2.05) is 18.2 Å². The zero-order valence-corrected chi connectivity index (χ0v) is 24.2. The molecule has 2 aliphatic rings. The maximum absolute atomic E-state index is 11.9. The molecule has 0 bridgehead atoms. The van der Waals surface area contributed by atoms with Crippen molar-refractivity contribution in [2.45, 2.75) is 83.3 Å². The second kappa shape index (κ2) is 13.2. The highest BCUT2D eigenvalue weighted by Crippen LogP contribution is 2.35. The van der Waals surface area contributed by atoms with E-state index in [4.69, 9.17) is 33.9 Å². The molecule has 1 heterocycles. The van der Waals surface area contributed by atoms with E-state index in [1.165, 1.54) is 25.7 Å². The first-order valence-electron chi connectivity index (χ1n) is 13.9. The van der Waals surface area contributed by atoms with Gasteiger partial charge in [0.2, 0.25) is 5.91 Å². The van der Waals surface area contributed by atoms with Gasteiger partial charge in [-0.15, -0.1) is 0 Å². The van der Waals surface area contributed by atoms with Crippen LogP contribution in [0.15, 0.2) is 47.5 Å². The van der Waals surface area contributed by atoms with Crippen molar-refractivity contribution >= 4 is 40.8 Å². The number of amides is 1. The maximum Gasteiger partial charge on any atom is 0.218 e. The van der Waals surface area contributed by atoms with E-state index >= 15 is 0 Å². The van der Waals surface area contributed by atoms with Crippen LogP contribution in [0.25, 0.3) is 0 Å².